The van der Waals surface area contributed by atoms with Crippen molar-refractivity contribution in [1.29, 1.82) is 5.26 Å². The van der Waals surface area contributed by atoms with Crippen LogP contribution in [0.15, 0.2) is 48.5 Å². The molecule has 1 aliphatic rings. The third-order valence-corrected chi connectivity index (χ3v) is 4.37. The Morgan fingerprint density at radius 2 is 2.00 bits per heavy atom. The molecule has 0 aliphatic carbocycles. The zero-order chi connectivity index (χ0) is 17.8. The summed E-state index contributed by atoms with van der Waals surface area (Å²) >= 11 is 0. The lowest BCUT2D eigenvalue weighted by Crippen LogP contribution is -2.50. The van der Waals surface area contributed by atoms with Crippen molar-refractivity contribution in [3.8, 4) is 6.07 Å². The number of urea groups is 1. The van der Waals surface area contributed by atoms with Gasteiger partial charge in [0.1, 0.15) is 11.9 Å². The number of carbonyl (C=O) groups is 1. The molecule has 2 amide bonds. The lowest BCUT2D eigenvalue weighted by Gasteiger charge is -2.40. The molecule has 1 heterocycles. The van der Waals surface area contributed by atoms with Crippen molar-refractivity contribution < 1.29 is 9.18 Å². The number of nitrogens with one attached hydrogen (secondary N) is 1. The molecule has 25 heavy (non-hydrogen) atoms. The predicted molar refractivity (Wildman–Crippen MR) is 93.5 cm³/mol. The molecule has 1 atom stereocenters. The second kappa shape index (κ2) is 7.32. The van der Waals surface area contributed by atoms with Gasteiger partial charge in [0.2, 0.25) is 0 Å². The number of rotatable bonds is 2. The molecule has 128 valence electrons. The van der Waals surface area contributed by atoms with Crippen LogP contribution in [0.3, 0.4) is 0 Å². The van der Waals surface area contributed by atoms with Crippen molar-refractivity contribution in [2.75, 3.05) is 32.0 Å². The first kappa shape index (κ1) is 16.9. The standard InChI is InChI=1S/C19H19FN4O/c1-23-9-10-24(18(13-23)14-5-3-2-4-6-14)19(25)22-17-8-7-16(20)11-15(17)12-21/h2-8,11,18H,9-10,13H2,1H3,(H,22,25). The number of hydrogen-bond donors (Lipinski definition) is 1. The fourth-order valence-electron chi connectivity index (χ4n) is 3.03. The molecule has 0 bridgehead atoms. The Balaban J connectivity index is 1.83. The van der Waals surface area contributed by atoms with Gasteiger partial charge in [0.25, 0.3) is 0 Å². The summed E-state index contributed by atoms with van der Waals surface area (Å²) in [7, 11) is 2.03. The number of hydrogen-bond acceptors (Lipinski definition) is 3. The molecule has 0 radical (unpaired) electrons. The monoisotopic (exact) mass is 338 g/mol. The highest BCUT2D eigenvalue weighted by Gasteiger charge is 2.30. The molecule has 1 aliphatic heterocycles. The van der Waals surface area contributed by atoms with Gasteiger partial charge in [-0.15, -0.1) is 0 Å². The van der Waals surface area contributed by atoms with Crippen LogP contribution >= 0.6 is 0 Å². The Bertz CT molecular complexity index is 803. The van der Waals surface area contributed by atoms with E-state index in [1.54, 1.807) is 4.90 Å². The van der Waals surface area contributed by atoms with Crippen LogP contribution in [-0.2, 0) is 0 Å². The topological polar surface area (TPSA) is 59.4 Å². The zero-order valence-electron chi connectivity index (χ0n) is 13.9. The van der Waals surface area contributed by atoms with Crippen molar-refractivity contribution in [3.05, 3.63) is 65.5 Å². The molecule has 1 fully saturated rings. The Labute approximate surface area is 146 Å². The van der Waals surface area contributed by atoms with Crippen LogP contribution in [0.1, 0.15) is 17.2 Å². The Morgan fingerprint density at radius 1 is 1.24 bits per heavy atom. The Kier molecular flexibility index (Phi) is 4.96. The highest BCUT2D eigenvalue weighted by molar-refractivity contribution is 5.91. The minimum atomic E-state index is -0.503. The maximum absolute atomic E-state index is 13.3. The number of benzene rings is 2. The number of nitrogens with zero attached hydrogens (tertiary/aromatic N) is 3. The molecule has 2 aromatic carbocycles. The minimum absolute atomic E-state index is 0.0778. The second-order valence-electron chi connectivity index (χ2n) is 6.11. The van der Waals surface area contributed by atoms with Crippen LogP contribution < -0.4 is 5.32 Å². The number of carbonyl (C=O) groups excluding carboxylic acids is 1. The summed E-state index contributed by atoms with van der Waals surface area (Å²) in [6.45, 7) is 2.07. The van der Waals surface area contributed by atoms with Crippen molar-refractivity contribution in [1.82, 2.24) is 9.80 Å². The number of halogens is 1. The van der Waals surface area contributed by atoms with Crippen LogP contribution in [0.5, 0.6) is 0 Å². The summed E-state index contributed by atoms with van der Waals surface area (Å²) < 4.78 is 13.3. The Hall–Kier alpha value is -2.91. The van der Waals surface area contributed by atoms with Crippen LogP contribution in [-0.4, -0.2) is 42.5 Å². The average Bonchev–Trinajstić information content (AvgIpc) is 2.63. The minimum Gasteiger partial charge on any atom is -0.315 e. The summed E-state index contributed by atoms with van der Waals surface area (Å²) in [5.74, 6) is -0.503. The van der Waals surface area contributed by atoms with E-state index in [4.69, 9.17) is 5.26 Å². The summed E-state index contributed by atoms with van der Waals surface area (Å²) in [6, 6.07) is 15.2. The lowest BCUT2D eigenvalue weighted by atomic mass is 10.0. The fourth-order valence-corrected chi connectivity index (χ4v) is 3.03. The Morgan fingerprint density at radius 3 is 2.72 bits per heavy atom. The lowest BCUT2D eigenvalue weighted by molar-refractivity contribution is 0.116. The number of nitriles is 1. The van der Waals surface area contributed by atoms with Gasteiger partial charge in [-0.05, 0) is 30.8 Å². The van der Waals surface area contributed by atoms with Crippen molar-refractivity contribution in [2.24, 2.45) is 0 Å². The van der Waals surface area contributed by atoms with Crippen LogP contribution in [0.2, 0.25) is 0 Å². The molecule has 0 aromatic heterocycles. The van der Waals surface area contributed by atoms with Gasteiger partial charge in [0, 0.05) is 19.6 Å². The fraction of sp³-hybridized carbons (Fsp3) is 0.263. The number of piperazine rings is 1. The van der Waals surface area contributed by atoms with Gasteiger partial charge in [-0.2, -0.15) is 5.26 Å². The van der Waals surface area contributed by atoms with Gasteiger partial charge in [0.05, 0.1) is 17.3 Å². The van der Waals surface area contributed by atoms with E-state index < -0.39 is 5.82 Å². The van der Waals surface area contributed by atoms with E-state index in [9.17, 15) is 9.18 Å². The summed E-state index contributed by atoms with van der Waals surface area (Å²) in [5, 5.41) is 11.9. The van der Waals surface area contributed by atoms with Gasteiger partial charge in [-0.1, -0.05) is 30.3 Å². The first-order valence-corrected chi connectivity index (χ1v) is 8.09. The van der Waals surface area contributed by atoms with Crippen molar-refractivity contribution in [3.63, 3.8) is 0 Å². The first-order chi connectivity index (χ1) is 12.1. The maximum Gasteiger partial charge on any atom is 0.322 e. The molecule has 5 nitrogen and oxygen atoms in total. The smallest absolute Gasteiger partial charge is 0.315 e. The SMILES string of the molecule is CN1CCN(C(=O)Nc2ccc(F)cc2C#N)C(c2ccccc2)C1. The second-order valence-corrected chi connectivity index (χ2v) is 6.11. The van der Waals surface area contributed by atoms with Crippen LogP contribution in [0.25, 0.3) is 0 Å². The average molecular weight is 338 g/mol. The number of anilines is 1. The van der Waals surface area contributed by atoms with Gasteiger partial charge in [-0.25, -0.2) is 9.18 Å². The molecular formula is C19H19FN4O. The molecule has 0 saturated carbocycles. The van der Waals surface area contributed by atoms with Gasteiger partial charge in [-0.3, -0.25) is 0 Å². The first-order valence-electron chi connectivity index (χ1n) is 8.09. The molecule has 3 rings (SSSR count). The molecule has 2 aromatic rings. The van der Waals surface area contributed by atoms with Gasteiger partial charge >= 0.3 is 6.03 Å². The normalized spacial score (nSPS) is 17.8. The molecule has 0 spiro atoms. The van der Waals surface area contributed by atoms with E-state index in [0.717, 1.165) is 24.7 Å². The maximum atomic E-state index is 13.3. The molecule has 1 unspecified atom stereocenters. The molecule has 1 N–H and O–H groups in total. The van der Waals surface area contributed by atoms with E-state index in [1.165, 1.54) is 12.1 Å². The molecule has 6 heteroatoms. The van der Waals surface area contributed by atoms with Crippen LogP contribution in [0, 0.1) is 17.1 Å². The van der Waals surface area contributed by atoms with Crippen molar-refractivity contribution >= 4 is 11.7 Å². The van der Waals surface area contributed by atoms with E-state index in [1.807, 2.05) is 43.4 Å². The highest BCUT2D eigenvalue weighted by Crippen LogP contribution is 2.26. The highest BCUT2D eigenvalue weighted by atomic mass is 19.1. The summed E-state index contributed by atoms with van der Waals surface area (Å²) in [4.78, 5) is 16.7. The summed E-state index contributed by atoms with van der Waals surface area (Å²) in [5.41, 5.74) is 1.49. The largest absolute Gasteiger partial charge is 0.322 e. The zero-order valence-corrected chi connectivity index (χ0v) is 13.9. The molecule has 1 saturated heterocycles. The van der Waals surface area contributed by atoms with E-state index in [-0.39, 0.29) is 17.6 Å². The van der Waals surface area contributed by atoms with Crippen LogP contribution in [0.4, 0.5) is 14.9 Å². The van der Waals surface area contributed by atoms with Gasteiger partial charge in [0.15, 0.2) is 0 Å². The number of likely N-dealkylation sites (N-methyl/N-ethyl adjacent to an activating group) is 1. The number of amides is 2. The van der Waals surface area contributed by atoms with E-state index in [0.29, 0.717) is 12.2 Å². The summed E-state index contributed by atoms with van der Waals surface area (Å²) in [6.07, 6.45) is 0. The van der Waals surface area contributed by atoms with Gasteiger partial charge < -0.3 is 15.1 Å². The van der Waals surface area contributed by atoms with E-state index >= 15 is 0 Å². The molecular weight excluding hydrogens is 319 g/mol. The third kappa shape index (κ3) is 3.78. The third-order valence-electron chi connectivity index (χ3n) is 4.37. The quantitative estimate of drug-likeness (QED) is 0.915. The predicted octanol–water partition coefficient (Wildman–Crippen LogP) is 3.22. The van der Waals surface area contributed by atoms with Crippen molar-refractivity contribution in [2.45, 2.75) is 6.04 Å². The van der Waals surface area contributed by atoms with E-state index in [2.05, 4.69) is 10.2 Å².